The van der Waals surface area contributed by atoms with Crippen LogP contribution in [0.2, 0.25) is 0 Å². The number of hydrogen-bond donors (Lipinski definition) is 1. The normalized spacial score (nSPS) is 16.6. The van der Waals surface area contributed by atoms with Gasteiger partial charge in [0.1, 0.15) is 17.2 Å². The lowest BCUT2D eigenvalue weighted by Gasteiger charge is -2.36. The third-order valence-electron chi connectivity index (χ3n) is 7.75. The molecule has 8 nitrogen and oxygen atoms in total. The Labute approximate surface area is 228 Å². The molecule has 0 unspecified atom stereocenters. The lowest BCUT2D eigenvalue weighted by atomic mass is 10.0. The van der Waals surface area contributed by atoms with Crippen molar-refractivity contribution in [2.75, 3.05) is 37.6 Å². The first-order valence-electron chi connectivity index (χ1n) is 13.3. The molecule has 2 aromatic heterocycles. The second-order valence-corrected chi connectivity index (χ2v) is 10.4. The molecule has 2 fully saturated rings. The Balaban J connectivity index is 1.15. The largest absolute Gasteiger partial charge is 0.573 e. The minimum atomic E-state index is -4.80. The average Bonchev–Trinajstić information content (AvgIpc) is 3.60. The van der Waals surface area contributed by atoms with E-state index in [0.717, 1.165) is 73.5 Å². The number of para-hydroxylation sites is 1. The second-order valence-electron chi connectivity index (χ2n) is 10.4. The van der Waals surface area contributed by atoms with Crippen molar-refractivity contribution in [3.8, 4) is 17.0 Å². The highest BCUT2D eigenvalue weighted by molar-refractivity contribution is 6.04. The van der Waals surface area contributed by atoms with Gasteiger partial charge in [0.25, 0.3) is 0 Å². The molecule has 2 aliphatic rings. The van der Waals surface area contributed by atoms with Crippen molar-refractivity contribution in [1.82, 2.24) is 14.6 Å². The Hall–Kier alpha value is -3.99. The van der Waals surface area contributed by atoms with Crippen LogP contribution in [0.1, 0.15) is 40.4 Å². The van der Waals surface area contributed by atoms with E-state index < -0.39 is 12.3 Å². The Bertz CT molecular complexity index is 1550. The zero-order chi connectivity index (χ0) is 28.0. The van der Waals surface area contributed by atoms with Crippen LogP contribution in [0.15, 0.2) is 53.2 Å². The number of hydrogen-bond acceptors (Lipinski definition) is 6. The van der Waals surface area contributed by atoms with Crippen LogP contribution in [0.3, 0.4) is 0 Å². The first-order chi connectivity index (χ1) is 19.2. The summed E-state index contributed by atoms with van der Waals surface area (Å²) in [5.74, 6) is -0.194. The minimum Gasteiger partial charge on any atom is -0.478 e. The summed E-state index contributed by atoms with van der Waals surface area (Å²) in [6.45, 7) is 3.96. The van der Waals surface area contributed by atoms with Gasteiger partial charge in [0, 0.05) is 74.1 Å². The van der Waals surface area contributed by atoms with Gasteiger partial charge < -0.3 is 23.8 Å². The Morgan fingerprint density at radius 3 is 2.58 bits per heavy atom. The van der Waals surface area contributed by atoms with E-state index in [1.54, 1.807) is 18.3 Å². The van der Waals surface area contributed by atoms with Crippen LogP contribution >= 0.6 is 0 Å². The van der Waals surface area contributed by atoms with E-state index in [1.165, 1.54) is 12.1 Å². The number of carboxylic acid groups (broad SMARTS) is 1. The van der Waals surface area contributed by atoms with Crippen LogP contribution in [-0.2, 0) is 13.5 Å². The topological polar surface area (TPSA) is 84.0 Å². The summed E-state index contributed by atoms with van der Waals surface area (Å²) in [7, 11) is 1.85. The fourth-order valence-electron chi connectivity index (χ4n) is 5.56. The summed E-state index contributed by atoms with van der Waals surface area (Å²) in [5.41, 5.74) is 3.75. The van der Waals surface area contributed by atoms with E-state index in [4.69, 9.17) is 4.52 Å². The van der Waals surface area contributed by atoms with Crippen molar-refractivity contribution in [3.05, 3.63) is 65.5 Å². The zero-order valence-electron chi connectivity index (χ0n) is 21.9. The molecule has 1 aliphatic carbocycles. The fourth-order valence-corrected chi connectivity index (χ4v) is 5.56. The molecule has 3 heterocycles. The summed E-state index contributed by atoms with van der Waals surface area (Å²) < 4.78 is 51.0. The predicted molar refractivity (Wildman–Crippen MR) is 143 cm³/mol. The number of ether oxygens (including phenoxy) is 1. The van der Waals surface area contributed by atoms with Gasteiger partial charge in [0.2, 0.25) is 0 Å². The van der Waals surface area contributed by atoms with Gasteiger partial charge in [-0.25, -0.2) is 4.79 Å². The van der Waals surface area contributed by atoms with E-state index in [9.17, 15) is 23.1 Å². The Morgan fingerprint density at radius 2 is 1.88 bits per heavy atom. The third-order valence-corrected chi connectivity index (χ3v) is 7.75. The summed E-state index contributed by atoms with van der Waals surface area (Å²) in [6, 6.07) is 11.9. The van der Waals surface area contributed by atoms with Gasteiger partial charge in [0.05, 0.1) is 11.1 Å². The van der Waals surface area contributed by atoms with Crippen molar-refractivity contribution < 1.29 is 32.3 Å². The number of alkyl halides is 3. The number of nitrogens with zero attached hydrogens (tertiary/aromatic N) is 4. The summed E-state index contributed by atoms with van der Waals surface area (Å²) in [4.78, 5) is 16.2. The highest BCUT2D eigenvalue weighted by atomic mass is 19.4. The Morgan fingerprint density at radius 1 is 1.12 bits per heavy atom. The third kappa shape index (κ3) is 5.25. The van der Waals surface area contributed by atoms with Crippen LogP contribution in [-0.4, -0.2) is 64.8 Å². The van der Waals surface area contributed by atoms with Crippen LogP contribution in [0.4, 0.5) is 18.9 Å². The van der Waals surface area contributed by atoms with E-state index in [0.29, 0.717) is 17.7 Å². The van der Waals surface area contributed by atoms with Gasteiger partial charge in [-0.2, -0.15) is 0 Å². The van der Waals surface area contributed by atoms with E-state index in [2.05, 4.69) is 19.7 Å². The van der Waals surface area contributed by atoms with Crippen molar-refractivity contribution >= 4 is 22.6 Å². The lowest BCUT2D eigenvalue weighted by molar-refractivity contribution is -0.274. The number of aromatic nitrogens is 2. The van der Waals surface area contributed by atoms with Gasteiger partial charge in [0.15, 0.2) is 0 Å². The highest BCUT2D eigenvalue weighted by Crippen LogP contribution is 2.45. The number of aryl methyl sites for hydroxylation is 1. The lowest BCUT2D eigenvalue weighted by Crippen LogP contribution is -2.47. The van der Waals surface area contributed by atoms with Gasteiger partial charge in [-0.15, -0.1) is 13.2 Å². The number of piperazine rings is 1. The van der Waals surface area contributed by atoms with Crippen LogP contribution in [0, 0.1) is 0 Å². The molecular formula is C29H29F3N4O4. The molecule has 0 bridgehead atoms. The molecule has 1 saturated heterocycles. The summed E-state index contributed by atoms with van der Waals surface area (Å²) in [5, 5.41) is 14.4. The van der Waals surface area contributed by atoms with Crippen LogP contribution in [0.5, 0.6) is 5.75 Å². The van der Waals surface area contributed by atoms with E-state index >= 15 is 0 Å². The number of halogens is 3. The van der Waals surface area contributed by atoms with E-state index in [1.807, 2.05) is 29.8 Å². The number of fused-ring (bicyclic) bond motifs is 1. The molecule has 1 N–H and O–H groups in total. The maximum atomic E-state index is 13.1. The molecule has 1 aliphatic heterocycles. The summed E-state index contributed by atoms with van der Waals surface area (Å²) in [6.07, 6.45) is -0.585. The molecule has 40 heavy (non-hydrogen) atoms. The predicted octanol–water partition coefficient (Wildman–Crippen LogP) is 5.67. The quantitative estimate of drug-likeness (QED) is 0.300. The first-order valence-corrected chi connectivity index (χ1v) is 13.3. The van der Waals surface area contributed by atoms with Crippen molar-refractivity contribution in [3.63, 3.8) is 0 Å². The first kappa shape index (κ1) is 26.2. The molecule has 6 rings (SSSR count). The molecule has 11 heteroatoms. The zero-order valence-corrected chi connectivity index (χ0v) is 21.9. The minimum absolute atomic E-state index is 0.262. The van der Waals surface area contributed by atoms with Gasteiger partial charge in [-0.05, 0) is 49.6 Å². The van der Waals surface area contributed by atoms with Gasteiger partial charge >= 0.3 is 12.3 Å². The molecule has 4 aromatic rings. The SMILES string of the molecule is Cn1cc(C(=O)O)c2ccc(N3CCN(CCc4c(-c5ccccc5OC(F)(F)F)noc4C4CC4)CC3)cc21. The Kier molecular flexibility index (Phi) is 6.69. The monoisotopic (exact) mass is 554 g/mol. The molecule has 1 saturated carbocycles. The molecule has 210 valence electrons. The molecule has 0 radical (unpaired) electrons. The van der Waals surface area contributed by atoms with Crippen LogP contribution < -0.4 is 9.64 Å². The maximum absolute atomic E-state index is 13.1. The highest BCUT2D eigenvalue weighted by Gasteiger charge is 2.35. The van der Waals surface area contributed by atoms with Gasteiger partial charge in [-0.3, -0.25) is 4.90 Å². The molecule has 0 atom stereocenters. The molecule has 2 aromatic carbocycles. The fraction of sp³-hybridized carbons (Fsp3) is 0.379. The number of carbonyl (C=O) groups is 1. The molecule has 0 amide bonds. The maximum Gasteiger partial charge on any atom is 0.573 e. The number of anilines is 1. The number of carboxylic acids is 1. The number of rotatable bonds is 8. The van der Waals surface area contributed by atoms with Crippen LogP contribution in [0.25, 0.3) is 22.2 Å². The number of benzene rings is 2. The standard InChI is InChI=1S/C29H29F3N4O4/c1-34-17-23(28(37)38)20-9-8-19(16-24(20)34)36-14-12-35(13-15-36)11-10-22-26(33-40-27(22)18-6-7-18)21-4-2-3-5-25(21)39-29(30,31)32/h2-5,8-9,16-18H,6-7,10-15H2,1H3,(H,37,38). The molecule has 0 spiro atoms. The number of aromatic carboxylic acids is 1. The smallest absolute Gasteiger partial charge is 0.478 e. The molecular weight excluding hydrogens is 525 g/mol. The second kappa shape index (κ2) is 10.2. The van der Waals surface area contributed by atoms with Gasteiger partial charge in [-0.1, -0.05) is 17.3 Å². The van der Waals surface area contributed by atoms with E-state index in [-0.39, 0.29) is 17.2 Å². The average molecular weight is 555 g/mol. The van der Waals surface area contributed by atoms with Crippen molar-refractivity contribution in [2.45, 2.75) is 31.5 Å². The summed E-state index contributed by atoms with van der Waals surface area (Å²) >= 11 is 0. The van der Waals surface area contributed by atoms with Crippen molar-refractivity contribution in [2.24, 2.45) is 7.05 Å². The van der Waals surface area contributed by atoms with Crippen molar-refractivity contribution in [1.29, 1.82) is 0 Å².